The molecule has 2 rings (SSSR count). The van der Waals surface area contributed by atoms with Gasteiger partial charge in [0.25, 0.3) is 0 Å². The molecule has 1 unspecified atom stereocenters. The Morgan fingerprint density at radius 2 is 1.71 bits per heavy atom. The van der Waals surface area contributed by atoms with E-state index in [9.17, 15) is 5.11 Å². The number of aryl methyl sites for hydroxylation is 2. The summed E-state index contributed by atoms with van der Waals surface area (Å²) < 4.78 is 5.54. The van der Waals surface area contributed by atoms with Gasteiger partial charge in [-0.1, -0.05) is 30.3 Å². The third-order valence-corrected chi connectivity index (χ3v) is 3.22. The molecule has 0 aliphatic rings. The maximum atomic E-state index is 10.3. The van der Waals surface area contributed by atoms with Crippen LogP contribution >= 0.6 is 0 Å². The summed E-state index contributed by atoms with van der Waals surface area (Å²) in [4.78, 5) is 0. The number of benzene rings is 1. The number of aliphatic hydroxyl groups excluding tert-OH is 1. The van der Waals surface area contributed by atoms with Crippen molar-refractivity contribution in [2.75, 3.05) is 0 Å². The van der Waals surface area contributed by atoms with Crippen molar-refractivity contribution in [1.82, 2.24) is 0 Å². The molecule has 2 nitrogen and oxygen atoms in total. The Morgan fingerprint density at radius 3 is 2.24 bits per heavy atom. The van der Waals surface area contributed by atoms with E-state index in [4.69, 9.17) is 4.42 Å². The molecule has 0 fully saturated rings. The summed E-state index contributed by atoms with van der Waals surface area (Å²) >= 11 is 0. The van der Waals surface area contributed by atoms with Gasteiger partial charge in [-0.15, -0.1) is 0 Å². The first-order valence-electron chi connectivity index (χ1n) is 5.88. The molecule has 1 atom stereocenters. The second-order valence-electron chi connectivity index (χ2n) is 4.46. The molecule has 0 saturated heterocycles. The fourth-order valence-corrected chi connectivity index (χ4v) is 2.24. The lowest BCUT2D eigenvalue weighted by atomic mass is 9.98. The smallest absolute Gasteiger partial charge is 0.107 e. The van der Waals surface area contributed by atoms with E-state index < -0.39 is 6.10 Å². The summed E-state index contributed by atoms with van der Waals surface area (Å²) in [6.45, 7) is 5.83. The van der Waals surface area contributed by atoms with Gasteiger partial charge in [-0.3, -0.25) is 0 Å². The molecule has 1 aromatic heterocycles. The summed E-state index contributed by atoms with van der Waals surface area (Å²) in [7, 11) is 0. The van der Waals surface area contributed by atoms with Crippen LogP contribution in [0.4, 0.5) is 0 Å². The summed E-state index contributed by atoms with van der Waals surface area (Å²) in [5.74, 6) is 1.72. The third-order valence-electron chi connectivity index (χ3n) is 3.22. The van der Waals surface area contributed by atoms with Crippen LogP contribution in [0.1, 0.15) is 34.3 Å². The highest BCUT2D eigenvalue weighted by molar-refractivity contribution is 5.34. The average molecular weight is 230 g/mol. The molecule has 0 aliphatic heterocycles. The van der Waals surface area contributed by atoms with Crippen LogP contribution in [-0.4, -0.2) is 5.11 Å². The van der Waals surface area contributed by atoms with Crippen LogP contribution < -0.4 is 0 Å². The molecule has 0 amide bonds. The van der Waals surface area contributed by atoms with Crippen LogP contribution in [0, 0.1) is 20.8 Å². The van der Waals surface area contributed by atoms with Gasteiger partial charge in [0.15, 0.2) is 0 Å². The van der Waals surface area contributed by atoms with Crippen LogP contribution in [0.15, 0.2) is 34.7 Å². The lowest BCUT2D eigenvalue weighted by molar-refractivity contribution is 0.176. The standard InChI is InChI=1S/C15H18O2/c1-10-11(2)17-12(3)15(10)14(16)9-13-7-5-4-6-8-13/h4-8,14,16H,9H2,1-3H3. The molecule has 2 aromatic rings. The average Bonchev–Trinajstić information content (AvgIpc) is 2.54. The quantitative estimate of drug-likeness (QED) is 0.875. The minimum absolute atomic E-state index is 0.491. The van der Waals surface area contributed by atoms with Crippen LogP contribution in [-0.2, 0) is 6.42 Å². The van der Waals surface area contributed by atoms with Crippen molar-refractivity contribution in [3.8, 4) is 0 Å². The zero-order valence-electron chi connectivity index (χ0n) is 10.5. The SMILES string of the molecule is Cc1oc(C)c(C(O)Cc2ccccc2)c1C. The van der Waals surface area contributed by atoms with Gasteiger partial charge in [0.2, 0.25) is 0 Å². The van der Waals surface area contributed by atoms with Crippen molar-refractivity contribution < 1.29 is 9.52 Å². The molecule has 17 heavy (non-hydrogen) atoms. The fraction of sp³-hybridized carbons (Fsp3) is 0.333. The second-order valence-corrected chi connectivity index (χ2v) is 4.46. The number of aliphatic hydroxyl groups is 1. The number of hydrogen-bond acceptors (Lipinski definition) is 2. The molecule has 1 aromatic carbocycles. The topological polar surface area (TPSA) is 33.4 Å². The van der Waals surface area contributed by atoms with E-state index in [1.54, 1.807) is 0 Å². The maximum Gasteiger partial charge on any atom is 0.107 e. The first-order valence-corrected chi connectivity index (χ1v) is 5.88. The van der Waals surface area contributed by atoms with Crippen LogP contribution in [0.3, 0.4) is 0 Å². The van der Waals surface area contributed by atoms with Gasteiger partial charge in [0.1, 0.15) is 11.5 Å². The summed E-state index contributed by atoms with van der Waals surface area (Å²) in [6, 6.07) is 10.0. The van der Waals surface area contributed by atoms with E-state index in [0.29, 0.717) is 6.42 Å². The van der Waals surface area contributed by atoms with E-state index in [1.807, 2.05) is 51.1 Å². The van der Waals surface area contributed by atoms with Gasteiger partial charge in [-0.25, -0.2) is 0 Å². The Labute approximate surface area is 102 Å². The van der Waals surface area contributed by atoms with Crippen molar-refractivity contribution >= 4 is 0 Å². The first-order chi connectivity index (χ1) is 8.09. The molecule has 0 spiro atoms. The Kier molecular flexibility index (Phi) is 3.34. The van der Waals surface area contributed by atoms with Crippen molar-refractivity contribution in [2.45, 2.75) is 33.3 Å². The summed E-state index contributed by atoms with van der Waals surface area (Å²) in [5.41, 5.74) is 3.13. The zero-order chi connectivity index (χ0) is 12.4. The van der Waals surface area contributed by atoms with E-state index in [2.05, 4.69) is 0 Å². The highest BCUT2D eigenvalue weighted by Gasteiger charge is 2.19. The monoisotopic (exact) mass is 230 g/mol. The normalized spacial score (nSPS) is 12.7. The van der Waals surface area contributed by atoms with Crippen LogP contribution in [0.5, 0.6) is 0 Å². The molecular weight excluding hydrogens is 212 g/mol. The Morgan fingerprint density at radius 1 is 1.06 bits per heavy atom. The van der Waals surface area contributed by atoms with E-state index in [1.165, 1.54) is 0 Å². The molecule has 2 heteroatoms. The third kappa shape index (κ3) is 2.42. The number of hydrogen-bond donors (Lipinski definition) is 1. The Balaban J connectivity index is 2.23. The zero-order valence-corrected chi connectivity index (χ0v) is 10.5. The van der Waals surface area contributed by atoms with E-state index in [-0.39, 0.29) is 0 Å². The van der Waals surface area contributed by atoms with E-state index in [0.717, 1.165) is 28.2 Å². The Bertz CT molecular complexity index is 497. The van der Waals surface area contributed by atoms with E-state index >= 15 is 0 Å². The molecule has 90 valence electrons. The lowest BCUT2D eigenvalue weighted by Gasteiger charge is -2.11. The minimum atomic E-state index is -0.491. The molecular formula is C15H18O2. The predicted octanol–water partition coefficient (Wildman–Crippen LogP) is 3.48. The van der Waals surface area contributed by atoms with Gasteiger partial charge >= 0.3 is 0 Å². The van der Waals surface area contributed by atoms with Gasteiger partial charge in [-0.05, 0) is 31.9 Å². The fourth-order valence-electron chi connectivity index (χ4n) is 2.24. The van der Waals surface area contributed by atoms with Crippen molar-refractivity contribution in [1.29, 1.82) is 0 Å². The highest BCUT2D eigenvalue weighted by atomic mass is 16.3. The molecule has 1 heterocycles. The van der Waals surface area contributed by atoms with Crippen molar-refractivity contribution in [3.05, 3.63) is 58.5 Å². The van der Waals surface area contributed by atoms with Gasteiger partial charge in [0, 0.05) is 12.0 Å². The van der Waals surface area contributed by atoms with Gasteiger partial charge < -0.3 is 9.52 Å². The van der Waals surface area contributed by atoms with Crippen molar-refractivity contribution in [3.63, 3.8) is 0 Å². The summed E-state index contributed by atoms with van der Waals surface area (Å²) in [6.07, 6.45) is 0.136. The second kappa shape index (κ2) is 4.76. The van der Waals surface area contributed by atoms with Crippen LogP contribution in [0.2, 0.25) is 0 Å². The maximum absolute atomic E-state index is 10.3. The lowest BCUT2D eigenvalue weighted by Crippen LogP contribution is -2.03. The van der Waals surface area contributed by atoms with Crippen LogP contribution in [0.25, 0.3) is 0 Å². The molecule has 0 aliphatic carbocycles. The molecule has 0 saturated carbocycles. The molecule has 0 radical (unpaired) electrons. The minimum Gasteiger partial charge on any atom is -0.466 e. The number of rotatable bonds is 3. The molecule has 1 N–H and O–H groups in total. The highest BCUT2D eigenvalue weighted by Crippen LogP contribution is 2.29. The Hall–Kier alpha value is -1.54. The van der Waals surface area contributed by atoms with Crippen molar-refractivity contribution in [2.24, 2.45) is 0 Å². The predicted molar refractivity (Wildman–Crippen MR) is 68.0 cm³/mol. The largest absolute Gasteiger partial charge is 0.466 e. The number of furan rings is 1. The van der Waals surface area contributed by atoms with Gasteiger partial charge in [-0.2, -0.15) is 0 Å². The molecule has 0 bridgehead atoms. The first kappa shape index (κ1) is 11.9. The van der Waals surface area contributed by atoms with Gasteiger partial charge in [0.05, 0.1) is 6.10 Å². The summed E-state index contributed by atoms with van der Waals surface area (Å²) in [5, 5.41) is 10.3.